The Bertz CT molecular complexity index is 811. The number of piperidine rings is 1. The molecule has 116 valence electrons. The molecule has 1 fully saturated rings. The minimum absolute atomic E-state index is 1.07. The van der Waals surface area contributed by atoms with Gasteiger partial charge in [-0.25, -0.2) is 0 Å². The Kier molecular flexibility index (Phi) is 3.85. The third-order valence-electron chi connectivity index (χ3n) is 4.49. The Hall–Kier alpha value is -2.55. The molecule has 0 unspecified atom stereocenters. The number of H-pyrrole nitrogens is 1. The first-order chi connectivity index (χ1) is 11.4. The van der Waals surface area contributed by atoms with Gasteiger partial charge in [0.1, 0.15) is 0 Å². The number of aromatic amines is 1. The van der Waals surface area contributed by atoms with E-state index in [0.29, 0.717) is 0 Å². The van der Waals surface area contributed by atoms with Crippen LogP contribution in [0.3, 0.4) is 0 Å². The summed E-state index contributed by atoms with van der Waals surface area (Å²) in [5.74, 6) is 0. The van der Waals surface area contributed by atoms with Crippen LogP contribution in [0.15, 0.2) is 59.7 Å². The van der Waals surface area contributed by atoms with Gasteiger partial charge in [0.25, 0.3) is 0 Å². The lowest BCUT2D eigenvalue weighted by Crippen LogP contribution is -2.24. The van der Waals surface area contributed by atoms with Crippen LogP contribution < -0.4 is 0 Å². The van der Waals surface area contributed by atoms with Gasteiger partial charge in [0.05, 0.1) is 11.9 Å². The number of aromatic nitrogens is 1. The maximum Gasteiger partial charge on any atom is 0.0570 e. The fraction of sp³-hybridized carbons (Fsp3) is 0.250. The quantitative estimate of drug-likeness (QED) is 0.701. The smallest absolute Gasteiger partial charge is 0.0570 e. The van der Waals surface area contributed by atoms with Crippen LogP contribution in [0.25, 0.3) is 22.2 Å². The van der Waals surface area contributed by atoms with E-state index in [0.717, 1.165) is 24.3 Å². The minimum atomic E-state index is 1.07. The van der Waals surface area contributed by atoms with Crippen LogP contribution in [-0.4, -0.2) is 29.3 Å². The minimum Gasteiger partial charge on any atom is -0.354 e. The lowest BCUT2D eigenvalue weighted by molar-refractivity contribution is 0.240. The van der Waals surface area contributed by atoms with Crippen LogP contribution in [-0.2, 0) is 0 Å². The van der Waals surface area contributed by atoms with Gasteiger partial charge >= 0.3 is 0 Å². The van der Waals surface area contributed by atoms with Gasteiger partial charge < -0.3 is 4.98 Å². The standard InChI is InChI=1S/C20H21N3/c1-3-9-16(10-4-1)20-18(15-21-23-13-7-2-8-14-23)17-11-5-6-12-19(17)22-20/h1,3-6,9-12,15,22H,2,7-8,13-14H2/b21-15+. The lowest BCUT2D eigenvalue weighted by atomic mass is 10.1. The molecular weight excluding hydrogens is 282 g/mol. The van der Waals surface area contributed by atoms with Crippen molar-refractivity contribution < 1.29 is 0 Å². The second-order valence-electron chi connectivity index (χ2n) is 6.08. The number of fused-ring (bicyclic) bond motifs is 1. The van der Waals surface area contributed by atoms with Crippen LogP contribution in [0.1, 0.15) is 24.8 Å². The molecule has 1 aliphatic heterocycles. The summed E-state index contributed by atoms with van der Waals surface area (Å²) in [4.78, 5) is 3.56. The summed E-state index contributed by atoms with van der Waals surface area (Å²) in [7, 11) is 0. The number of hydrogen-bond acceptors (Lipinski definition) is 2. The highest BCUT2D eigenvalue weighted by Gasteiger charge is 2.12. The molecule has 1 aliphatic rings. The number of nitrogens with zero attached hydrogens (tertiary/aromatic N) is 2. The Morgan fingerprint density at radius 3 is 2.43 bits per heavy atom. The zero-order valence-electron chi connectivity index (χ0n) is 13.2. The van der Waals surface area contributed by atoms with E-state index < -0.39 is 0 Å². The molecule has 0 amide bonds. The second kappa shape index (κ2) is 6.29. The van der Waals surface area contributed by atoms with Crippen molar-refractivity contribution >= 4 is 17.1 Å². The molecule has 0 radical (unpaired) electrons. The first-order valence-electron chi connectivity index (χ1n) is 8.37. The van der Waals surface area contributed by atoms with E-state index >= 15 is 0 Å². The normalized spacial score (nSPS) is 15.6. The molecule has 23 heavy (non-hydrogen) atoms. The molecule has 0 aliphatic carbocycles. The number of para-hydroxylation sites is 1. The van der Waals surface area contributed by atoms with Crippen LogP contribution in [0.5, 0.6) is 0 Å². The van der Waals surface area contributed by atoms with E-state index in [1.54, 1.807) is 0 Å². The van der Waals surface area contributed by atoms with E-state index in [9.17, 15) is 0 Å². The van der Waals surface area contributed by atoms with Crippen LogP contribution >= 0.6 is 0 Å². The summed E-state index contributed by atoms with van der Waals surface area (Å²) in [6, 6.07) is 18.9. The number of nitrogens with one attached hydrogen (secondary N) is 1. The Balaban J connectivity index is 1.78. The molecule has 4 rings (SSSR count). The Morgan fingerprint density at radius 2 is 1.61 bits per heavy atom. The highest BCUT2D eigenvalue weighted by molar-refractivity contribution is 6.05. The lowest BCUT2D eigenvalue weighted by Gasteiger charge is -2.23. The molecule has 3 nitrogen and oxygen atoms in total. The van der Waals surface area contributed by atoms with Crippen molar-refractivity contribution in [2.24, 2.45) is 5.10 Å². The molecule has 0 spiro atoms. The second-order valence-corrected chi connectivity index (χ2v) is 6.08. The average Bonchev–Trinajstić information content (AvgIpc) is 3.00. The molecule has 2 aromatic carbocycles. The van der Waals surface area contributed by atoms with Gasteiger partial charge in [0, 0.05) is 29.6 Å². The van der Waals surface area contributed by atoms with Gasteiger partial charge in [-0.15, -0.1) is 0 Å². The van der Waals surface area contributed by atoms with Gasteiger partial charge in [-0.3, -0.25) is 5.01 Å². The summed E-state index contributed by atoms with van der Waals surface area (Å²) in [6.07, 6.45) is 5.86. The van der Waals surface area contributed by atoms with Crippen molar-refractivity contribution in [2.45, 2.75) is 19.3 Å². The first kappa shape index (κ1) is 14.1. The van der Waals surface area contributed by atoms with Crippen molar-refractivity contribution in [1.82, 2.24) is 9.99 Å². The van der Waals surface area contributed by atoms with Crippen molar-refractivity contribution in [3.63, 3.8) is 0 Å². The summed E-state index contributed by atoms with van der Waals surface area (Å²) in [5.41, 5.74) is 4.68. The molecule has 0 saturated carbocycles. The van der Waals surface area contributed by atoms with E-state index in [1.807, 2.05) is 12.3 Å². The van der Waals surface area contributed by atoms with E-state index in [2.05, 4.69) is 58.5 Å². The highest BCUT2D eigenvalue weighted by atomic mass is 15.4. The van der Waals surface area contributed by atoms with Crippen molar-refractivity contribution in [3.8, 4) is 11.3 Å². The molecule has 1 N–H and O–H groups in total. The number of rotatable bonds is 3. The number of hydrogen-bond donors (Lipinski definition) is 1. The molecule has 2 heterocycles. The third kappa shape index (κ3) is 2.87. The maximum absolute atomic E-state index is 4.75. The fourth-order valence-corrected chi connectivity index (χ4v) is 3.26. The summed E-state index contributed by atoms with van der Waals surface area (Å²) in [6.45, 7) is 2.14. The largest absolute Gasteiger partial charge is 0.354 e. The summed E-state index contributed by atoms with van der Waals surface area (Å²) < 4.78 is 0. The van der Waals surface area contributed by atoms with Crippen LogP contribution in [0, 0.1) is 0 Å². The molecular formula is C20H21N3. The zero-order valence-corrected chi connectivity index (χ0v) is 13.2. The van der Waals surface area contributed by atoms with Gasteiger partial charge in [-0.2, -0.15) is 5.10 Å². The summed E-state index contributed by atoms with van der Waals surface area (Å²) in [5, 5.41) is 8.17. The maximum atomic E-state index is 4.75. The predicted octanol–water partition coefficient (Wildman–Crippen LogP) is 4.65. The molecule has 0 atom stereocenters. The number of benzene rings is 2. The third-order valence-corrected chi connectivity index (χ3v) is 4.49. The van der Waals surface area contributed by atoms with Crippen molar-refractivity contribution in [1.29, 1.82) is 0 Å². The molecule has 3 heteroatoms. The Labute approximate surface area is 136 Å². The highest BCUT2D eigenvalue weighted by Crippen LogP contribution is 2.29. The van der Waals surface area contributed by atoms with Gasteiger partial charge in [-0.1, -0.05) is 48.5 Å². The van der Waals surface area contributed by atoms with Crippen LogP contribution in [0.2, 0.25) is 0 Å². The molecule has 1 aromatic heterocycles. The summed E-state index contributed by atoms with van der Waals surface area (Å²) >= 11 is 0. The van der Waals surface area contributed by atoms with Gasteiger partial charge in [0.15, 0.2) is 0 Å². The fourth-order valence-electron chi connectivity index (χ4n) is 3.26. The number of hydrazone groups is 1. The molecule has 1 saturated heterocycles. The zero-order chi connectivity index (χ0) is 15.5. The average molecular weight is 303 g/mol. The Morgan fingerprint density at radius 1 is 0.870 bits per heavy atom. The van der Waals surface area contributed by atoms with E-state index in [4.69, 9.17) is 5.10 Å². The molecule has 3 aromatic rings. The monoisotopic (exact) mass is 303 g/mol. The van der Waals surface area contributed by atoms with Crippen LogP contribution in [0.4, 0.5) is 0 Å². The van der Waals surface area contributed by atoms with E-state index in [1.165, 1.54) is 35.8 Å². The van der Waals surface area contributed by atoms with Crippen molar-refractivity contribution in [2.75, 3.05) is 13.1 Å². The van der Waals surface area contributed by atoms with Gasteiger partial charge in [-0.05, 0) is 30.9 Å². The SMILES string of the molecule is C(=N\N1CCCCC1)/c1c(-c2ccccc2)[nH]c2ccccc12. The molecule has 0 bridgehead atoms. The predicted molar refractivity (Wildman–Crippen MR) is 96.8 cm³/mol. The van der Waals surface area contributed by atoms with Gasteiger partial charge in [0.2, 0.25) is 0 Å². The van der Waals surface area contributed by atoms with E-state index in [-0.39, 0.29) is 0 Å². The topological polar surface area (TPSA) is 31.4 Å². The first-order valence-corrected chi connectivity index (χ1v) is 8.37. The van der Waals surface area contributed by atoms with Crippen molar-refractivity contribution in [3.05, 3.63) is 60.2 Å².